The molecule has 2 N–H and O–H groups in total. The van der Waals surface area contributed by atoms with Gasteiger partial charge in [-0.1, -0.05) is 17.7 Å². The van der Waals surface area contributed by atoms with Crippen LogP contribution in [-0.4, -0.2) is 35.1 Å². The second kappa shape index (κ2) is 5.73. The Bertz CT molecular complexity index is 476. The maximum Gasteiger partial charge on any atom is 0.326 e. The van der Waals surface area contributed by atoms with E-state index in [0.717, 1.165) is 10.5 Å². The monoisotopic (exact) mass is 270 g/mol. The van der Waals surface area contributed by atoms with E-state index in [4.69, 9.17) is 16.7 Å². The molecule has 0 fully saturated rings. The lowest BCUT2D eigenvalue weighted by Gasteiger charge is -2.21. The van der Waals surface area contributed by atoms with Crippen LogP contribution in [0, 0.1) is 6.92 Å². The zero-order chi connectivity index (χ0) is 13.9. The average Bonchev–Trinajstić information content (AvgIpc) is 2.31. The minimum Gasteiger partial charge on any atom is -0.480 e. The number of nitrogens with zero attached hydrogens (tertiary/aromatic N) is 1. The average molecular weight is 271 g/mol. The predicted octanol–water partition coefficient (Wildman–Crippen LogP) is 2.59. The molecule has 1 aromatic rings. The molecule has 1 atom stereocenters. The van der Waals surface area contributed by atoms with Gasteiger partial charge in [-0.05, 0) is 31.5 Å². The number of aliphatic carboxylic acids is 1. The van der Waals surface area contributed by atoms with Gasteiger partial charge in [-0.15, -0.1) is 0 Å². The van der Waals surface area contributed by atoms with E-state index in [1.54, 1.807) is 18.2 Å². The van der Waals surface area contributed by atoms with Gasteiger partial charge in [0, 0.05) is 17.8 Å². The van der Waals surface area contributed by atoms with Crippen LogP contribution in [0.4, 0.5) is 10.5 Å². The lowest BCUT2D eigenvalue weighted by molar-refractivity contribution is -0.141. The number of rotatable bonds is 3. The molecule has 6 heteroatoms. The van der Waals surface area contributed by atoms with Crippen LogP contribution in [-0.2, 0) is 4.79 Å². The van der Waals surface area contributed by atoms with Crippen molar-refractivity contribution in [2.75, 3.05) is 12.4 Å². The Labute approximate surface area is 110 Å². The molecule has 1 unspecified atom stereocenters. The Kier molecular flexibility index (Phi) is 4.55. The van der Waals surface area contributed by atoms with E-state index in [2.05, 4.69) is 5.32 Å². The summed E-state index contributed by atoms with van der Waals surface area (Å²) < 4.78 is 0. The Balaban J connectivity index is 2.75. The van der Waals surface area contributed by atoms with Crippen molar-refractivity contribution in [1.82, 2.24) is 4.90 Å². The lowest BCUT2D eigenvalue weighted by Crippen LogP contribution is -2.42. The molecular formula is C12H15ClN2O3. The van der Waals surface area contributed by atoms with Crippen LogP contribution in [0.25, 0.3) is 0 Å². The number of carboxylic acid groups (broad SMARTS) is 1. The molecule has 5 nitrogen and oxygen atoms in total. The van der Waals surface area contributed by atoms with Gasteiger partial charge in [0.1, 0.15) is 6.04 Å². The number of anilines is 1. The topological polar surface area (TPSA) is 69.6 Å². The fourth-order valence-electron chi connectivity index (χ4n) is 1.22. The van der Waals surface area contributed by atoms with E-state index >= 15 is 0 Å². The van der Waals surface area contributed by atoms with Gasteiger partial charge in [0.15, 0.2) is 0 Å². The maximum atomic E-state index is 11.8. The number of benzene rings is 1. The van der Waals surface area contributed by atoms with Crippen LogP contribution < -0.4 is 5.32 Å². The molecule has 0 bridgehead atoms. The number of amides is 2. The quantitative estimate of drug-likeness (QED) is 0.887. The molecule has 1 rings (SSSR count). The zero-order valence-corrected chi connectivity index (χ0v) is 11.2. The van der Waals surface area contributed by atoms with Crippen LogP contribution in [0.3, 0.4) is 0 Å². The van der Waals surface area contributed by atoms with Gasteiger partial charge in [0.05, 0.1) is 0 Å². The molecule has 0 heterocycles. The highest BCUT2D eigenvalue weighted by molar-refractivity contribution is 6.31. The second-order valence-electron chi connectivity index (χ2n) is 4.02. The summed E-state index contributed by atoms with van der Waals surface area (Å²) in [4.78, 5) is 23.6. The first-order valence-electron chi connectivity index (χ1n) is 5.35. The minimum atomic E-state index is -1.06. The largest absolute Gasteiger partial charge is 0.480 e. The van der Waals surface area contributed by atoms with Crippen LogP contribution in [0.2, 0.25) is 5.02 Å². The Morgan fingerprint density at radius 2 is 2.06 bits per heavy atom. The summed E-state index contributed by atoms with van der Waals surface area (Å²) >= 11 is 5.93. The van der Waals surface area contributed by atoms with Crippen molar-refractivity contribution in [1.29, 1.82) is 0 Å². The highest BCUT2D eigenvalue weighted by Gasteiger charge is 2.21. The van der Waals surface area contributed by atoms with Crippen LogP contribution in [0.1, 0.15) is 12.5 Å². The summed E-state index contributed by atoms with van der Waals surface area (Å²) in [6.07, 6.45) is 0. The molecular weight excluding hydrogens is 256 g/mol. The number of likely N-dealkylation sites (N-methyl/N-ethyl adjacent to an activating group) is 1. The summed E-state index contributed by atoms with van der Waals surface area (Å²) in [5, 5.41) is 11.9. The summed E-state index contributed by atoms with van der Waals surface area (Å²) in [6.45, 7) is 3.29. The number of carbonyl (C=O) groups excluding carboxylic acids is 1. The van der Waals surface area contributed by atoms with Gasteiger partial charge in [0.2, 0.25) is 0 Å². The van der Waals surface area contributed by atoms with Gasteiger partial charge in [0.25, 0.3) is 0 Å². The van der Waals surface area contributed by atoms with Crippen LogP contribution in [0.15, 0.2) is 18.2 Å². The molecule has 0 spiro atoms. The number of aryl methyl sites for hydroxylation is 1. The molecule has 18 heavy (non-hydrogen) atoms. The zero-order valence-electron chi connectivity index (χ0n) is 10.4. The maximum absolute atomic E-state index is 11.8. The van der Waals surface area contributed by atoms with Crippen molar-refractivity contribution < 1.29 is 14.7 Å². The normalized spacial score (nSPS) is 11.8. The summed E-state index contributed by atoms with van der Waals surface area (Å²) in [6, 6.07) is 3.71. The lowest BCUT2D eigenvalue weighted by atomic mass is 10.2. The van der Waals surface area contributed by atoms with Crippen molar-refractivity contribution in [3.05, 3.63) is 28.8 Å². The molecule has 0 aliphatic carbocycles. The minimum absolute atomic E-state index is 0.496. The fourth-order valence-corrected chi connectivity index (χ4v) is 1.40. The smallest absolute Gasteiger partial charge is 0.326 e. The van der Waals surface area contributed by atoms with Crippen LogP contribution >= 0.6 is 11.6 Å². The van der Waals surface area contributed by atoms with Crippen molar-refractivity contribution in [2.24, 2.45) is 0 Å². The number of halogens is 1. The van der Waals surface area contributed by atoms with E-state index < -0.39 is 18.0 Å². The molecule has 0 radical (unpaired) electrons. The fraction of sp³-hybridized carbons (Fsp3) is 0.333. The first kappa shape index (κ1) is 14.3. The van der Waals surface area contributed by atoms with Gasteiger partial charge >= 0.3 is 12.0 Å². The number of hydrogen-bond donors (Lipinski definition) is 2. The number of nitrogens with one attached hydrogen (secondary N) is 1. The number of urea groups is 1. The molecule has 98 valence electrons. The van der Waals surface area contributed by atoms with Gasteiger partial charge < -0.3 is 15.3 Å². The second-order valence-corrected chi connectivity index (χ2v) is 4.43. The summed E-state index contributed by atoms with van der Waals surface area (Å²) in [7, 11) is 1.42. The van der Waals surface area contributed by atoms with Gasteiger partial charge in [-0.3, -0.25) is 0 Å². The Hall–Kier alpha value is -1.75. The Morgan fingerprint density at radius 3 is 2.56 bits per heavy atom. The van der Waals surface area contributed by atoms with Crippen molar-refractivity contribution in [2.45, 2.75) is 19.9 Å². The molecule has 0 saturated carbocycles. The van der Waals surface area contributed by atoms with Crippen molar-refractivity contribution in [3.8, 4) is 0 Å². The molecule has 2 amide bonds. The van der Waals surface area contributed by atoms with E-state index in [9.17, 15) is 9.59 Å². The van der Waals surface area contributed by atoms with Crippen molar-refractivity contribution >= 4 is 29.3 Å². The molecule has 0 saturated heterocycles. The standard InChI is InChI=1S/C12H15ClN2O3/c1-7-4-5-9(6-10(7)13)14-12(18)15(3)8(2)11(16)17/h4-6,8H,1-3H3,(H,14,18)(H,16,17). The van der Waals surface area contributed by atoms with E-state index in [-0.39, 0.29) is 0 Å². The highest BCUT2D eigenvalue weighted by Crippen LogP contribution is 2.20. The molecule has 0 aliphatic rings. The molecule has 0 aliphatic heterocycles. The highest BCUT2D eigenvalue weighted by atomic mass is 35.5. The predicted molar refractivity (Wildman–Crippen MR) is 70.1 cm³/mol. The SMILES string of the molecule is Cc1ccc(NC(=O)N(C)C(C)C(=O)O)cc1Cl. The number of hydrogen-bond acceptors (Lipinski definition) is 2. The third-order valence-corrected chi connectivity index (χ3v) is 3.09. The molecule has 0 aromatic heterocycles. The van der Waals surface area contributed by atoms with E-state index in [1.165, 1.54) is 14.0 Å². The van der Waals surface area contributed by atoms with Gasteiger partial charge in [-0.2, -0.15) is 0 Å². The first-order valence-corrected chi connectivity index (χ1v) is 5.73. The third-order valence-electron chi connectivity index (χ3n) is 2.68. The van der Waals surface area contributed by atoms with E-state index in [0.29, 0.717) is 10.7 Å². The van der Waals surface area contributed by atoms with Crippen molar-refractivity contribution in [3.63, 3.8) is 0 Å². The number of carbonyl (C=O) groups is 2. The summed E-state index contributed by atoms with van der Waals surface area (Å²) in [5.74, 6) is -1.06. The summed E-state index contributed by atoms with van der Waals surface area (Å²) in [5.41, 5.74) is 1.43. The van der Waals surface area contributed by atoms with Gasteiger partial charge in [-0.25, -0.2) is 9.59 Å². The molecule has 1 aromatic carbocycles. The third kappa shape index (κ3) is 3.37. The number of carboxylic acids is 1. The van der Waals surface area contributed by atoms with Crippen LogP contribution in [0.5, 0.6) is 0 Å². The van der Waals surface area contributed by atoms with E-state index in [1.807, 2.05) is 6.92 Å². The first-order chi connectivity index (χ1) is 8.32. The Morgan fingerprint density at radius 1 is 1.44 bits per heavy atom.